The normalized spacial score (nSPS) is 11.5. The fourth-order valence-corrected chi connectivity index (χ4v) is 2.47. The first kappa shape index (κ1) is 18.5. The summed E-state index contributed by atoms with van der Waals surface area (Å²) in [5.74, 6) is -0.150. The maximum absolute atomic E-state index is 12.7. The van der Waals surface area contributed by atoms with Crippen LogP contribution in [0.3, 0.4) is 0 Å². The van der Waals surface area contributed by atoms with E-state index in [2.05, 4.69) is 17.6 Å². The first-order chi connectivity index (χ1) is 12.0. The Morgan fingerprint density at radius 3 is 2.24 bits per heavy atom. The fraction of sp³-hybridized carbons (Fsp3) is 0.300. The Labute approximate surface area is 149 Å². The number of nitrogens with one attached hydrogen (secondary N) is 2. The molecule has 2 rings (SSSR count). The van der Waals surface area contributed by atoms with E-state index >= 15 is 0 Å². The van der Waals surface area contributed by atoms with Crippen molar-refractivity contribution in [1.82, 2.24) is 10.2 Å². The lowest BCUT2D eigenvalue weighted by Gasteiger charge is -2.29. The van der Waals surface area contributed by atoms with Gasteiger partial charge in [0, 0.05) is 30.9 Å². The van der Waals surface area contributed by atoms with Gasteiger partial charge < -0.3 is 15.5 Å². The van der Waals surface area contributed by atoms with Gasteiger partial charge in [-0.15, -0.1) is 0 Å². The standard InChI is InChI=1S/C20H25N3O2/c1-4-15(2)23(14-16-8-6-5-7-9-16)20(25)22-18-12-10-17(11-13-18)19(24)21-3/h5-13,15H,4,14H2,1-3H3,(H,21,24)(H,22,25)/t15-/m0/s1. The van der Waals surface area contributed by atoms with Crippen LogP contribution in [0, 0.1) is 0 Å². The third-order valence-electron chi connectivity index (χ3n) is 4.20. The van der Waals surface area contributed by atoms with Crippen molar-refractivity contribution in [3.05, 3.63) is 65.7 Å². The molecule has 5 nitrogen and oxygen atoms in total. The third-order valence-corrected chi connectivity index (χ3v) is 4.20. The Balaban J connectivity index is 2.09. The van der Waals surface area contributed by atoms with E-state index in [9.17, 15) is 9.59 Å². The number of rotatable bonds is 6. The summed E-state index contributed by atoms with van der Waals surface area (Å²) in [4.78, 5) is 26.1. The summed E-state index contributed by atoms with van der Waals surface area (Å²) in [5, 5.41) is 5.49. The maximum atomic E-state index is 12.7. The molecule has 0 heterocycles. The molecule has 0 radical (unpaired) electrons. The quantitative estimate of drug-likeness (QED) is 0.839. The van der Waals surface area contributed by atoms with Crippen LogP contribution < -0.4 is 10.6 Å². The van der Waals surface area contributed by atoms with E-state index in [1.165, 1.54) is 0 Å². The summed E-state index contributed by atoms with van der Waals surface area (Å²) in [5.41, 5.74) is 2.32. The maximum Gasteiger partial charge on any atom is 0.322 e. The number of nitrogens with zero attached hydrogens (tertiary/aromatic N) is 1. The number of urea groups is 1. The number of anilines is 1. The van der Waals surface area contributed by atoms with Crippen molar-refractivity contribution >= 4 is 17.6 Å². The molecular weight excluding hydrogens is 314 g/mol. The molecule has 132 valence electrons. The van der Waals surface area contributed by atoms with Crippen LogP contribution in [-0.4, -0.2) is 29.9 Å². The van der Waals surface area contributed by atoms with Crippen LogP contribution in [0.1, 0.15) is 36.2 Å². The number of benzene rings is 2. The van der Waals surface area contributed by atoms with E-state index in [0.717, 1.165) is 12.0 Å². The highest BCUT2D eigenvalue weighted by Crippen LogP contribution is 2.15. The first-order valence-electron chi connectivity index (χ1n) is 8.48. The topological polar surface area (TPSA) is 61.4 Å². The van der Waals surface area contributed by atoms with Crippen molar-refractivity contribution in [2.45, 2.75) is 32.9 Å². The summed E-state index contributed by atoms with van der Waals surface area (Å²) in [7, 11) is 1.59. The molecule has 0 saturated carbocycles. The van der Waals surface area contributed by atoms with E-state index in [-0.39, 0.29) is 18.0 Å². The minimum absolute atomic E-state index is 0.116. The Hall–Kier alpha value is -2.82. The molecule has 0 spiro atoms. The first-order valence-corrected chi connectivity index (χ1v) is 8.48. The number of amides is 3. The van der Waals surface area contributed by atoms with Crippen molar-refractivity contribution in [3.8, 4) is 0 Å². The van der Waals surface area contributed by atoms with Gasteiger partial charge in [0.25, 0.3) is 5.91 Å². The van der Waals surface area contributed by atoms with Crippen LogP contribution in [0.4, 0.5) is 10.5 Å². The average Bonchev–Trinajstić information content (AvgIpc) is 2.66. The molecule has 0 unspecified atom stereocenters. The van der Waals surface area contributed by atoms with E-state index < -0.39 is 0 Å². The second kappa shape index (κ2) is 8.87. The van der Waals surface area contributed by atoms with Crippen LogP contribution in [0.15, 0.2) is 54.6 Å². The number of hydrogen-bond acceptors (Lipinski definition) is 2. The molecule has 0 aliphatic rings. The minimum Gasteiger partial charge on any atom is -0.355 e. The Morgan fingerprint density at radius 2 is 1.68 bits per heavy atom. The molecule has 0 saturated heterocycles. The molecule has 0 aliphatic carbocycles. The largest absolute Gasteiger partial charge is 0.355 e. The van der Waals surface area contributed by atoms with E-state index in [0.29, 0.717) is 17.8 Å². The van der Waals surface area contributed by atoms with Crippen molar-refractivity contribution in [1.29, 1.82) is 0 Å². The molecule has 2 N–H and O–H groups in total. The van der Waals surface area contributed by atoms with Crippen LogP contribution in [-0.2, 0) is 6.54 Å². The van der Waals surface area contributed by atoms with Gasteiger partial charge in [-0.05, 0) is 43.2 Å². The highest BCUT2D eigenvalue weighted by molar-refractivity contribution is 5.95. The Bertz CT molecular complexity index is 699. The van der Waals surface area contributed by atoms with Gasteiger partial charge in [0.05, 0.1) is 0 Å². The van der Waals surface area contributed by atoms with Gasteiger partial charge in [-0.25, -0.2) is 4.79 Å². The fourth-order valence-electron chi connectivity index (χ4n) is 2.47. The van der Waals surface area contributed by atoms with Crippen molar-refractivity contribution in [2.75, 3.05) is 12.4 Å². The molecule has 0 aliphatic heterocycles. The molecule has 5 heteroatoms. The smallest absolute Gasteiger partial charge is 0.322 e. The highest BCUT2D eigenvalue weighted by Gasteiger charge is 2.19. The third kappa shape index (κ3) is 5.08. The average molecular weight is 339 g/mol. The lowest BCUT2D eigenvalue weighted by Crippen LogP contribution is -2.40. The predicted molar refractivity (Wildman–Crippen MR) is 101 cm³/mol. The summed E-state index contributed by atoms with van der Waals surface area (Å²) in [6, 6.07) is 16.8. The second-order valence-corrected chi connectivity index (χ2v) is 5.96. The van der Waals surface area contributed by atoms with Gasteiger partial charge in [0.2, 0.25) is 0 Å². The minimum atomic E-state index is -0.150. The number of hydrogen-bond donors (Lipinski definition) is 2. The molecule has 2 aromatic rings. The van der Waals surface area contributed by atoms with Gasteiger partial charge in [-0.2, -0.15) is 0 Å². The van der Waals surface area contributed by atoms with E-state index in [4.69, 9.17) is 0 Å². The van der Waals surface area contributed by atoms with Gasteiger partial charge in [0.15, 0.2) is 0 Å². The molecule has 2 aromatic carbocycles. The van der Waals surface area contributed by atoms with Gasteiger partial charge in [-0.1, -0.05) is 37.3 Å². The van der Waals surface area contributed by atoms with Crippen molar-refractivity contribution in [2.24, 2.45) is 0 Å². The van der Waals surface area contributed by atoms with Crippen molar-refractivity contribution in [3.63, 3.8) is 0 Å². The molecule has 0 aromatic heterocycles. The van der Waals surface area contributed by atoms with E-state index in [1.807, 2.05) is 42.2 Å². The molecular formula is C20H25N3O2. The highest BCUT2D eigenvalue weighted by atomic mass is 16.2. The summed E-state index contributed by atoms with van der Waals surface area (Å²) >= 11 is 0. The molecule has 3 amide bonds. The van der Waals surface area contributed by atoms with Crippen LogP contribution >= 0.6 is 0 Å². The monoisotopic (exact) mass is 339 g/mol. The van der Waals surface area contributed by atoms with Gasteiger partial charge >= 0.3 is 6.03 Å². The Kier molecular flexibility index (Phi) is 6.57. The zero-order valence-electron chi connectivity index (χ0n) is 15.0. The van der Waals surface area contributed by atoms with Crippen LogP contribution in [0.25, 0.3) is 0 Å². The lowest BCUT2D eigenvalue weighted by atomic mass is 10.1. The van der Waals surface area contributed by atoms with Crippen LogP contribution in [0.2, 0.25) is 0 Å². The number of carbonyl (C=O) groups is 2. The van der Waals surface area contributed by atoms with Crippen molar-refractivity contribution < 1.29 is 9.59 Å². The summed E-state index contributed by atoms with van der Waals surface area (Å²) < 4.78 is 0. The SMILES string of the molecule is CC[C@H](C)N(Cc1ccccc1)C(=O)Nc1ccc(C(=O)NC)cc1. The molecule has 25 heavy (non-hydrogen) atoms. The van der Waals surface area contributed by atoms with Gasteiger partial charge in [0.1, 0.15) is 0 Å². The van der Waals surface area contributed by atoms with Gasteiger partial charge in [-0.3, -0.25) is 4.79 Å². The summed E-state index contributed by atoms with van der Waals surface area (Å²) in [6.45, 7) is 4.66. The molecule has 0 bridgehead atoms. The molecule has 0 fully saturated rings. The van der Waals surface area contributed by atoms with Crippen LogP contribution in [0.5, 0.6) is 0 Å². The van der Waals surface area contributed by atoms with E-state index in [1.54, 1.807) is 31.3 Å². The second-order valence-electron chi connectivity index (χ2n) is 5.96. The number of carbonyl (C=O) groups excluding carboxylic acids is 2. The molecule has 1 atom stereocenters. The lowest BCUT2D eigenvalue weighted by molar-refractivity contribution is 0.0963. The zero-order chi connectivity index (χ0) is 18.2. The zero-order valence-corrected chi connectivity index (χ0v) is 15.0. The predicted octanol–water partition coefficient (Wildman–Crippen LogP) is 3.88. The summed E-state index contributed by atoms with van der Waals surface area (Å²) in [6.07, 6.45) is 0.871. The Morgan fingerprint density at radius 1 is 1.04 bits per heavy atom.